The van der Waals surface area contributed by atoms with Gasteiger partial charge in [0.2, 0.25) is 0 Å². The third kappa shape index (κ3) is 6.09. The van der Waals surface area contributed by atoms with Crippen LogP contribution in [0.25, 0.3) is 0 Å². The fourth-order valence-corrected chi connectivity index (χ4v) is 3.00. The Hall–Kier alpha value is -1.16. The summed E-state index contributed by atoms with van der Waals surface area (Å²) in [7, 11) is 0. The predicted molar refractivity (Wildman–Crippen MR) is 95.0 cm³/mol. The van der Waals surface area contributed by atoms with Gasteiger partial charge in [-0.3, -0.25) is 0 Å². The standard InChI is InChI=1S/C20H32O3/c1-6-10-18(21)15(4)19(22)16(5)20(14(2)3)23-13-17-11-8-7-9-12-17/h6-9,11-12,14-16,18-22H,1,10,13H2,2-5H3/t15-,16-,18+,19-,20-/m1/s1. The molecule has 1 aromatic rings. The summed E-state index contributed by atoms with van der Waals surface area (Å²) in [5.41, 5.74) is 1.12. The number of hydrogen-bond donors (Lipinski definition) is 2. The van der Waals surface area contributed by atoms with Crippen molar-refractivity contribution in [3.8, 4) is 0 Å². The highest BCUT2D eigenvalue weighted by molar-refractivity contribution is 5.13. The second kappa shape index (κ2) is 9.86. The average molecular weight is 320 g/mol. The van der Waals surface area contributed by atoms with Crippen molar-refractivity contribution >= 4 is 0 Å². The minimum Gasteiger partial charge on any atom is -0.392 e. The van der Waals surface area contributed by atoms with Crippen molar-refractivity contribution in [3.63, 3.8) is 0 Å². The van der Waals surface area contributed by atoms with Crippen LogP contribution in [0, 0.1) is 17.8 Å². The van der Waals surface area contributed by atoms with Crippen LogP contribution in [0.2, 0.25) is 0 Å². The van der Waals surface area contributed by atoms with E-state index in [-0.39, 0.29) is 23.9 Å². The molecule has 0 unspecified atom stereocenters. The van der Waals surface area contributed by atoms with Crippen molar-refractivity contribution in [2.45, 2.75) is 59.0 Å². The number of ether oxygens (including phenoxy) is 1. The molecule has 0 aromatic heterocycles. The molecule has 0 amide bonds. The van der Waals surface area contributed by atoms with Gasteiger partial charge in [0.05, 0.1) is 24.9 Å². The smallest absolute Gasteiger partial charge is 0.0720 e. The van der Waals surface area contributed by atoms with Crippen LogP contribution < -0.4 is 0 Å². The molecule has 2 N–H and O–H groups in total. The van der Waals surface area contributed by atoms with E-state index in [0.29, 0.717) is 13.0 Å². The first-order chi connectivity index (χ1) is 10.9. The van der Waals surface area contributed by atoms with Crippen LogP contribution in [0.5, 0.6) is 0 Å². The SMILES string of the molecule is C=CC[C@H](O)[C@@H](C)[C@@H](O)[C@@H](C)[C@H](OCc1ccccc1)C(C)C. The van der Waals surface area contributed by atoms with Crippen LogP contribution in [0.4, 0.5) is 0 Å². The van der Waals surface area contributed by atoms with Gasteiger partial charge in [-0.1, -0.05) is 64.1 Å². The predicted octanol–water partition coefficient (Wildman–Crippen LogP) is 3.80. The lowest BCUT2D eigenvalue weighted by molar-refractivity contribution is -0.0885. The van der Waals surface area contributed by atoms with Crippen molar-refractivity contribution in [1.29, 1.82) is 0 Å². The lowest BCUT2D eigenvalue weighted by Crippen LogP contribution is -2.41. The number of aliphatic hydroxyl groups excluding tert-OH is 2. The molecule has 0 aliphatic heterocycles. The second-order valence-electron chi connectivity index (χ2n) is 6.81. The van der Waals surface area contributed by atoms with Crippen LogP contribution >= 0.6 is 0 Å². The fraction of sp³-hybridized carbons (Fsp3) is 0.600. The van der Waals surface area contributed by atoms with Gasteiger partial charge in [-0.05, 0) is 17.9 Å². The Morgan fingerprint density at radius 1 is 1.04 bits per heavy atom. The van der Waals surface area contributed by atoms with Gasteiger partial charge in [0.1, 0.15) is 0 Å². The largest absolute Gasteiger partial charge is 0.392 e. The Balaban J connectivity index is 2.69. The lowest BCUT2D eigenvalue weighted by Gasteiger charge is -2.35. The third-order valence-electron chi connectivity index (χ3n) is 4.55. The molecule has 1 aromatic carbocycles. The van der Waals surface area contributed by atoms with Gasteiger partial charge < -0.3 is 14.9 Å². The van der Waals surface area contributed by atoms with Crippen LogP contribution in [0.1, 0.15) is 39.7 Å². The molecule has 130 valence electrons. The molecule has 0 spiro atoms. The molecule has 0 aliphatic rings. The number of rotatable bonds is 10. The molecular weight excluding hydrogens is 288 g/mol. The van der Waals surface area contributed by atoms with E-state index in [1.807, 2.05) is 44.2 Å². The molecular formula is C20H32O3. The molecule has 0 fully saturated rings. The maximum Gasteiger partial charge on any atom is 0.0720 e. The van der Waals surface area contributed by atoms with Gasteiger partial charge in [-0.15, -0.1) is 6.58 Å². The van der Waals surface area contributed by atoms with Gasteiger partial charge in [0, 0.05) is 11.8 Å². The molecule has 3 nitrogen and oxygen atoms in total. The quantitative estimate of drug-likeness (QED) is 0.645. The Morgan fingerprint density at radius 2 is 1.65 bits per heavy atom. The molecule has 0 aliphatic carbocycles. The van der Waals surface area contributed by atoms with Crippen LogP contribution in [0.15, 0.2) is 43.0 Å². The third-order valence-corrected chi connectivity index (χ3v) is 4.55. The summed E-state index contributed by atoms with van der Waals surface area (Å²) in [5, 5.41) is 20.7. The van der Waals surface area contributed by atoms with E-state index in [1.165, 1.54) is 0 Å². The van der Waals surface area contributed by atoms with Crippen molar-refractivity contribution in [2.75, 3.05) is 0 Å². The highest BCUT2D eigenvalue weighted by Gasteiger charge is 2.33. The Bertz CT molecular complexity index is 443. The summed E-state index contributed by atoms with van der Waals surface area (Å²) in [6.45, 7) is 12.3. The topological polar surface area (TPSA) is 49.7 Å². The normalized spacial score (nSPS) is 18.2. The minimum atomic E-state index is -0.617. The van der Waals surface area contributed by atoms with Gasteiger partial charge in [-0.25, -0.2) is 0 Å². The average Bonchev–Trinajstić information content (AvgIpc) is 2.54. The summed E-state index contributed by atoms with van der Waals surface area (Å²) in [5.74, 6) is 0.00450. The second-order valence-corrected chi connectivity index (χ2v) is 6.81. The Morgan fingerprint density at radius 3 is 2.17 bits per heavy atom. The Kier molecular flexibility index (Phi) is 8.53. The summed E-state index contributed by atoms with van der Waals surface area (Å²) < 4.78 is 6.10. The lowest BCUT2D eigenvalue weighted by atomic mass is 9.82. The van der Waals surface area contributed by atoms with Crippen molar-refractivity contribution in [2.24, 2.45) is 17.8 Å². The zero-order valence-electron chi connectivity index (χ0n) is 14.9. The van der Waals surface area contributed by atoms with Crippen LogP contribution in [0.3, 0.4) is 0 Å². The van der Waals surface area contributed by atoms with E-state index in [0.717, 1.165) is 5.56 Å². The van der Waals surface area contributed by atoms with E-state index in [9.17, 15) is 10.2 Å². The molecule has 0 radical (unpaired) electrons. The summed E-state index contributed by atoms with van der Waals surface area (Å²) in [6.07, 6.45) is 0.913. The number of benzene rings is 1. The molecule has 5 atom stereocenters. The van der Waals surface area contributed by atoms with Crippen molar-refractivity contribution < 1.29 is 14.9 Å². The minimum absolute atomic E-state index is 0.0619. The molecule has 0 saturated heterocycles. The first kappa shape index (κ1) is 19.9. The summed E-state index contributed by atoms with van der Waals surface area (Å²) in [4.78, 5) is 0. The molecule has 0 bridgehead atoms. The monoisotopic (exact) mass is 320 g/mol. The van der Waals surface area contributed by atoms with Gasteiger partial charge in [-0.2, -0.15) is 0 Å². The van der Waals surface area contributed by atoms with Crippen LogP contribution in [-0.4, -0.2) is 28.5 Å². The van der Waals surface area contributed by atoms with Crippen LogP contribution in [-0.2, 0) is 11.3 Å². The summed E-state index contributed by atoms with van der Waals surface area (Å²) in [6, 6.07) is 10.0. The van der Waals surface area contributed by atoms with Crippen molar-refractivity contribution in [3.05, 3.63) is 48.6 Å². The van der Waals surface area contributed by atoms with E-state index < -0.39 is 12.2 Å². The zero-order valence-corrected chi connectivity index (χ0v) is 14.9. The fourth-order valence-electron chi connectivity index (χ4n) is 3.00. The Labute approximate surface area is 141 Å². The van der Waals surface area contributed by atoms with Crippen molar-refractivity contribution in [1.82, 2.24) is 0 Å². The van der Waals surface area contributed by atoms with Gasteiger partial charge >= 0.3 is 0 Å². The zero-order chi connectivity index (χ0) is 17.4. The molecule has 1 rings (SSSR count). The maximum absolute atomic E-state index is 10.6. The van der Waals surface area contributed by atoms with E-state index in [2.05, 4.69) is 20.4 Å². The number of hydrogen-bond acceptors (Lipinski definition) is 3. The first-order valence-electron chi connectivity index (χ1n) is 8.51. The first-order valence-corrected chi connectivity index (χ1v) is 8.51. The summed E-state index contributed by atoms with van der Waals surface area (Å²) >= 11 is 0. The van der Waals surface area contributed by atoms with Gasteiger partial charge in [0.15, 0.2) is 0 Å². The highest BCUT2D eigenvalue weighted by Crippen LogP contribution is 2.27. The maximum atomic E-state index is 10.6. The highest BCUT2D eigenvalue weighted by atomic mass is 16.5. The molecule has 0 heterocycles. The molecule has 23 heavy (non-hydrogen) atoms. The number of aliphatic hydroxyl groups is 2. The molecule has 0 saturated carbocycles. The van der Waals surface area contributed by atoms with E-state index in [4.69, 9.17) is 4.74 Å². The van der Waals surface area contributed by atoms with E-state index >= 15 is 0 Å². The molecule has 3 heteroatoms. The van der Waals surface area contributed by atoms with E-state index in [1.54, 1.807) is 6.08 Å². The van der Waals surface area contributed by atoms with Gasteiger partial charge in [0.25, 0.3) is 0 Å².